The molecule has 27 heavy (non-hydrogen) atoms. The van der Waals surface area contributed by atoms with Crippen LogP contribution in [0.4, 0.5) is 5.69 Å². The van der Waals surface area contributed by atoms with Gasteiger partial charge in [-0.1, -0.05) is 6.07 Å². The zero-order valence-electron chi connectivity index (χ0n) is 15.5. The van der Waals surface area contributed by atoms with E-state index in [1.165, 1.54) is 18.2 Å². The van der Waals surface area contributed by atoms with Crippen molar-refractivity contribution in [1.82, 2.24) is 4.90 Å². The van der Waals surface area contributed by atoms with Crippen molar-refractivity contribution in [2.75, 3.05) is 20.8 Å². The third-order valence-electron chi connectivity index (χ3n) is 4.04. The highest BCUT2D eigenvalue weighted by Gasteiger charge is 2.12. The minimum absolute atomic E-state index is 0.0158. The molecule has 0 heterocycles. The fraction of sp³-hybridized carbons (Fsp3) is 0.250. The van der Waals surface area contributed by atoms with Gasteiger partial charge in [-0.05, 0) is 48.4 Å². The molecule has 0 fully saturated rings. The lowest BCUT2D eigenvalue weighted by atomic mass is 10.1. The third-order valence-corrected chi connectivity index (χ3v) is 4.04. The number of nitro groups is 1. The Morgan fingerprint density at radius 1 is 1.11 bits per heavy atom. The molecule has 1 amide bonds. The van der Waals surface area contributed by atoms with E-state index in [1.54, 1.807) is 43.4 Å². The number of amides is 1. The van der Waals surface area contributed by atoms with E-state index in [-0.39, 0.29) is 11.6 Å². The second-order valence-electron chi connectivity index (χ2n) is 5.72. The average Bonchev–Trinajstić information content (AvgIpc) is 2.70. The van der Waals surface area contributed by atoms with Crippen molar-refractivity contribution in [3.63, 3.8) is 0 Å². The van der Waals surface area contributed by atoms with Crippen molar-refractivity contribution >= 4 is 17.7 Å². The Bertz CT molecular complexity index is 831. The Morgan fingerprint density at radius 2 is 1.78 bits per heavy atom. The molecule has 0 aliphatic rings. The summed E-state index contributed by atoms with van der Waals surface area (Å²) in [4.78, 5) is 24.4. The number of benzene rings is 2. The number of hydrogen-bond acceptors (Lipinski definition) is 5. The minimum atomic E-state index is -0.458. The summed E-state index contributed by atoms with van der Waals surface area (Å²) in [5.74, 6) is 1.10. The van der Waals surface area contributed by atoms with Crippen LogP contribution in [0, 0.1) is 10.1 Å². The topological polar surface area (TPSA) is 81.9 Å². The summed E-state index contributed by atoms with van der Waals surface area (Å²) in [6, 6.07) is 11.6. The molecular formula is C20H22N2O5. The van der Waals surface area contributed by atoms with Crippen molar-refractivity contribution < 1.29 is 19.2 Å². The van der Waals surface area contributed by atoms with Gasteiger partial charge in [0.1, 0.15) is 0 Å². The van der Waals surface area contributed by atoms with Crippen LogP contribution in [0.15, 0.2) is 48.5 Å². The second-order valence-corrected chi connectivity index (χ2v) is 5.72. The van der Waals surface area contributed by atoms with Crippen LogP contribution in [0.2, 0.25) is 0 Å². The molecule has 0 bridgehead atoms. The van der Waals surface area contributed by atoms with E-state index in [1.807, 2.05) is 19.1 Å². The van der Waals surface area contributed by atoms with E-state index in [2.05, 4.69) is 0 Å². The van der Waals surface area contributed by atoms with Gasteiger partial charge in [-0.2, -0.15) is 0 Å². The number of non-ortho nitro benzene ring substituents is 1. The molecule has 0 atom stereocenters. The fourth-order valence-corrected chi connectivity index (χ4v) is 2.53. The monoisotopic (exact) mass is 370 g/mol. The maximum Gasteiger partial charge on any atom is 0.269 e. The lowest BCUT2D eigenvalue weighted by molar-refractivity contribution is -0.384. The van der Waals surface area contributed by atoms with Crippen LogP contribution in [0.25, 0.3) is 6.08 Å². The zero-order chi connectivity index (χ0) is 19.8. The largest absolute Gasteiger partial charge is 0.493 e. The number of likely N-dealkylation sites (N-methyl/N-ethyl adjacent to an activating group) is 1. The van der Waals surface area contributed by atoms with Crippen LogP contribution in [-0.4, -0.2) is 36.5 Å². The van der Waals surface area contributed by atoms with Gasteiger partial charge in [0.25, 0.3) is 5.69 Å². The molecule has 0 aliphatic heterocycles. The Hall–Kier alpha value is -3.35. The molecule has 2 rings (SSSR count). The van der Waals surface area contributed by atoms with E-state index in [0.717, 1.165) is 11.1 Å². The summed E-state index contributed by atoms with van der Waals surface area (Å²) in [5, 5.41) is 10.7. The van der Waals surface area contributed by atoms with Crippen LogP contribution in [-0.2, 0) is 11.3 Å². The van der Waals surface area contributed by atoms with Crippen molar-refractivity contribution in [1.29, 1.82) is 0 Å². The van der Waals surface area contributed by atoms with Gasteiger partial charge in [0.15, 0.2) is 11.5 Å². The van der Waals surface area contributed by atoms with E-state index in [0.29, 0.717) is 24.6 Å². The highest BCUT2D eigenvalue weighted by atomic mass is 16.6. The first kappa shape index (κ1) is 20.0. The molecule has 0 aliphatic carbocycles. The predicted octanol–water partition coefficient (Wildman–Crippen LogP) is 3.67. The Morgan fingerprint density at radius 3 is 2.33 bits per heavy atom. The second kappa shape index (κ2) is 9.38. The van der Waals surface area contributed by atoms with Gasteiger partial charge in [-0.3, -0.25) is 14.9 Å². The molecule has 0 saturated carbocycles. The minimum Gasteiger partial charge on any atom is -0.493 e. The smallest absolute Gasteiger partial charge is 0.269 e. The molecule has 0 N–H and O–H groups in total. The molecule has 7 heteroatoms. The summed E-state index contributed by atoms with van der Waals surface area (Å²) in [6.07, 6.45) is 3.11. The Labute approximate surface area is 158 Å². The Balaban J connectivity index is 2.08. The maximum absolute atomic E-state index is 12.5. The summed E-state index contributed by atoms with van der Waals surface area (Å²) >= 11 is 0. The highest BCUT2D eigenvalue weighted by Crippen LogP contribution is 2.28. The van der Waals surface area contributed by atoms with Gasteiger partial charge in [0, 0.05) is 31.3 Å². The summed E-state index contributed by atoms with van der Waals surface area (Å²) in [6.45, 7) is 2.87. The molecular weight excluding hydrogens is 348 g/mol. The number of rotatable bonds is 8. The number of hydrogen-bond donors (Lipinski definition) is 0. The summed E-state index contributed by atoms with van der Waals surface area (Å²) in [5.41, 5.74) is 1.66. The first-order valence-electron chi connectivity index (χ1n) is 8.40. The van der Waals surface area contributed by atoms with Gasteiger partial charge < -0.3 is 14.4 Å². The molecule has 0 radical (unpaired) electrons. The summed E-state index contributed by atoms with van der Waals surface area (Å²) in [7, 11) is 3.14. The first-order valence-corrected chi connectivity index (χ1v) is 8.40. The number of carbonyl (C=O) groups is 1. The molecule has 0 aromatic heterocycles. The van der Waals surface area contributed by atoms with E-state index in [4.69, 9.17) is 9.47 Å². The quantitative estimate of drug-likeness (QED) is 0.402. The number of ether oxygens (including phenoxy) is 2. The molecule has 2 aromatic rings. The molecule has 0 unspecified atom stereocenters. The third kappa shape index (κ3) is 5.31. The average molecular weight is 370 g/mol. The predicted molar refractivity (Wildman–Crippen MR) is 103 cm³/mol. The summed E-state index contributed by atoms with van der Waals surface area (Å²) < 4.78 is 10.5. The van der Waals surface area contributed by atoms with Crippen molar-refractivity contribution in [2.24, 2.45) is 0 Å². The molecule has 2 aromatic carbocycles. The molecule has 0 spiro atoms. The number of nitrogens with zero attached hydrogens (tertiary/aromatic N) is 2. The maximum atomic E-state index is 12.5. The van der Waals surface area contributed by atoms with Crippen LogP contribution in [0.3, 0.4) is 0 Å². The van der Waals surface area contributed by atoms with Gasteiger partial charge >= 0.3 is 0 Å². The van der Waals surface area contributed by atoms with E-state index >= 15 is 0 Å². The molecule has 142 valence electrons. The van der Waals surface area contributed by atoms with Crippen molar-refractivity contribution in [3.05, 3.63) is 69.8 Å². The van der Waals surface area contributed by atoms with Crippen LogP contribution in [0.1, 0.15) is 18.1 Å². The lowest BCUT2D eigenvalue weighted by Gasteiger charge is -2.20. The lowest BCUT2D eigenvalue weighted by Crippen LogP contribution is -2.28. The fourth-order valence-electron chi connectivity index (χ4n) is 2.53. The highest BCUT2D eigenvalue weighted by molar-refractivity contribution is 5.91. The van der Waals surface area contributed by atoms with Crippen LogP contribution >= 0.6 is 0 Å². The number of methoxy groups -OCH3 is 2. The number of nitro benzene ring substituents is 1. The van der Waals surface area contributed by atoms with Gasteiger partial charge in [0.2, 0.25) is 5.91 Å². The van der Waals surface area contributed by atoms with Crippen molar-refractivity contribution in [3.8, 4) is 11.5 Å². The van der Waals surface area contributed by atoms with Gasteiger partial charge in [0.05, 0.1) is 19.1 Å². The molecule has 7 nitrogen and oxygen atoms in total. The van der Waals surface area contributed by atoms with Crippen molar-refractivity contribution in [2.45, 2.75) is 13.5 Å². The number of carbonyl (C=O) groups excluding carboxylic acids is 1. The normalized spacial score (nSPS) is 10.6. The van der Waals surface area contributed by atoms with Crippen LogP contribution < -0.4 is 9.47 Å². The van der Waals surface area contributed by atoms with E-state index < -0.39 is 4.92 Å². The van der Waals surface area contributed by atoms with Gasteiger partial charge in [-0.15, -0.1) is 0 Å². The Kier molecular flexibility index (Phi) is 6.93. The van der Waals surface area contributed by atoms with Crippen LogP contribution in [0.5, 0.6) is 11.5 Å². The zero-order valence-corrected chi connectivity index (χ0v) is 15.5. The van der Waals surface area contributed by atoms with Gasteiger partial charge in [-0.25, -0.2) is 0 Å². The van der Waals surface area contributed by atoms with E-state index in [9.17, 15) is 14.9 Å². The standard InChI is InChI=1S/C20H22N2O5/c1-4-21(14-16-7-11-18(26-2)19(13-16)27-3)20(23)12-8-15-5-9-17(10-6-15)22(24)25/h5-13H,4,14H2,1-3H3/b12-8+. The molecule has 0 saturated heterocycles. The first-order chi connectivity index (χ1) is 13.0. The SMILES string of the molecule is CCN(Cc1ccc(OC)c(OC)c1)C(=O)/C=C/c1ccc([N+](=O)[O-])cc1.